The molecule has 3 rings (SSSR count). The SMILES string of the molecule is C[C@@H]1CN(c2ccc(C#N)c3ncccc23)C[C@H](C)O1.O=C(O)C(O)C(O)C(=O)O. The number of morpholine rings is 1. The summed E-state index contributed by atoms with van der Waals surface area (Å²) in [4.78, 5) is 26.2. The van der Waals surface area contributed by atoms with Crippen molar-refractivity contribution in [1.29, 1.82) is 5.26 Å². The molecule has 1 aromatic heterocycles. The summed E-state index contributed by atoms with van der Waals surface area (Å²) in [5.74, 6) is -3.54. The molecule has 4 N–H and O–H groups in total. The number of aliphatic hydroxyl groups is 2. The van der Waals surface area contributed by atoms with Crippen molar-refractivity contribution >= 4 is 28.5 Å². The fraction of sp³-hybridized carbons (Fsp3) is 0.400. The molecule has 160 valence electrons. The highest BCUT2D eigenvalue weighted by atomic mass is 16.5. The van der Waals surface area contributed by atoms with Crippen LogP contribution >= 0.6 is 0 Å². The molecule has 1 aliphatic rings. The third-order valence-corrected chi connectivity index (χ3v) is 4.43. The van der Waals surface area contributed by atoms with E-state index in [2.05, 4.69) is 29.8 Å². The van der Waals surface area contributed by atoms with Crippen LogP contribution in [-0.2, 0) is 14.3 Å². The third kappa shape index (κ3) is 5.42. The molecule has 0 saturated carbocycles. The van der Waals surface area contributed by atoms with E-state index in [0.717, 1.165) is 29.7 Å². The van der Waals surface area contributed by atoms with Crippen LogP contribution in [0.4, 0.5) is 5.69 Å². The van der Waals surface area contributed by atoms with Gasteiger partial charge in [-0.3, -0.25) is 4.98 Å². The molecule has 0 amide bonds. The molecule has 2 unspecified atom stereocenters. The van der Waals surface area contributed by atoms with Gasteiger partial charge in [-0.1, -0.05) is 0 Å². The van der Waals surface area contributed by atoms with E-state index in [1.807, 2.05) is 24.3 Å². The maximum absolute atomic E-state index is 9.77. The second kappa shape index (κ2) is 9.98. The van der Waals surface area contributed by atoms with Crippen LogP contribution in [0.15, 0.2) is 30.5 Å². The van der Waals surface area contributed by atoms with Gasteiger partial charge in [-0.2, -0.15) is 5.26 Å². The number of hydrogen-bond donors (Lipinski definition) is 4. The monoisotopic (exact) mass is 417 g/mol. The summed E-state index contributed by atoms with van der Waals surface area (Å²) >= 11 is 0. The number of hydrogen-bond acceptors (Lipinski definition) is 8. The van der Waals surface area contributed by atoms with Crippen molar-refractivity contribution in [2.24, 2.45) is 0 Å². The van der Waals surface area contributed by atoms with E-state index in [4.69, 9.17) is 25.2 Å². The molecule has 2 heterocycles. The van der Waals surface area contributed by atoms with Crippen LogP contribution in [0, 0.1) is 11.3 Å². The number of aliphatic hydroxyl groups excluding tert-OH is 2. The standard InChI is InChI=1S/C16H17N3O.C4H6O6/c1-11-9-19(10-12(2)20-11)15-6-5-13(8-17)16-14(15)4-3-7-18-16;5-1(3(7)8)2(6)4(9)10/h3-7,11-12H,9-10H2,1-2H3;1-2,5-6H,(H,7,8)(H,9,10)/t11-,12+;. The summed E-state index contributed by atoms with van der Waals surface area (Å²) in [5, 5.41) is 42.8. The highest BCUT2D eigenvalue weighted by Crippen LogP contribution is 2.30. The van der Waals surface area contributed by atoms with Crippen molar-refractivity contribution in [1.82, 2.24) is 4.98 Å². The van der Waals surface area contributed by atoms with Crippen LogP contribution in [0.25, 0.3) is 10.9 Å². The Morgan fingerprint density at radius 3 is 2.20 bits per heavy atom. The lowest BCUT2D eigenvalue weighted by Crippen LogP contribution is -2.45. The number of aromatic nitrogens is 1. The zero-order valence-electron chi connectivity index (χ0n) is 16.5. The number of nitriles is 1. The largest absolute Gasteiger partial charge is 0.479 e. The minimum atomic E-state index is -2.27. The van der Waals surface area contributed by atoms with Gasteiger partial charge in [-0.15, -0.1) is 0 Å². The number of nitrogens with zero attached hydrogens (tertiary/aromatic N) is 3. The first kappa shape index (κ1) is 23.0. The zero-order chi connectivity index (χ0) is 22.4. The maximum atomic E-state index is 9.77. The summed E-state index contributed by atoms with van der Waals surface area (Å²) in [6.45, 7) is 5.90. The second-order valence-corrected chi connectivity index (χ2v) is 6.87. The second-order valence-electron chi connectivity index (χ2n) is 6.87. The molecule has 0 radical (unpaired) electrons. The number of carboxylic acids is 2. The number of carbonyl (C=O) groups is 2. The lowest BCUT2D eigenvalue weighted by molar-refractivity contribution is -0.165. The quantitative estimate of drug-likeness (QED) is 0.553. The number of ether oxygens (including phenoxy) is 1. The first-order valence-corrected chi connectivity index (χ1v) is 9.15. The fourth-order valence-electron chi connectivity index (χ4n) is 3.17. The van der Waals surface area contributed by atoms with E-state index in [0.29, 0.717) is 5.56 Å². The summed E-state index contributed by atoms with van der Waals surface area (Å²) in [5.41, 5.74) is 2.53. The first-order chi connectivity index (χ1) is 14.1. The smallest absolute Gasteiger partial charge is 0.335 e. The number of anilines is 1. The van der Waals surface area contributed by atoms with Gasteiger partial charge >= 0.3 is 11.9 Å². The average molecular weight is 417 g/mol. The van der Waals surface area contributed by atoms with Gasteiger partial charge < -0.3 is 30.1 Å². The molecule has 30 heavy (non-hydrogen) atoms. The van der Waals surface area contributed by atoms with Gasteiger partial charge in [0.25, 0.3) is 0 Å². The highest BCUT2D eigenvalue weighted by Gasteiger charge is 2.29. The Hall–Kier alpha value is -3.26. The Bertz CT molecular complexity index is 931. The average Bonchev–Trinajstić information content (AvgIpc) is 2.71. The Morgan fingerprint density at radius 1 is 1.13 bits per heavy atom. The fourth-order valence-corrected chi connectivity index (χ4v) is 3.17. The van der Waals surface area contributed by atoms with Gasteiger partial charge in [0, 0.05) is 30.4 Å². The van der Waals surface area contributed by atoms with Gasteiger partial charge in [0.05, 0.1) is 23.3 Å². The molecular formula is C20H23N3O7. The number of carboxylic acid groups (broad SMARTS) is 2. The van der Waals surface area contributed by atoms with E-state index in [-0.39, 0.29) is 12.2 Å². The van der Waals surface area contributed by atoms with E-state index in [9.17, 15) is 14.9 Å². The van der Waals surface area contributed by atoms with Crippen molar-refractivity contribution in [2.75, 3.05) is 18.0 Å². The first-order valence-electron chi connectivity index (χ1n) is 9.15. The molecule has 0 bridgehead atoms. The van der Waals surface area contributed by atoms with Crippen molar-refractivity contribution in [3.63, 3.8) is 0 Å². The van der Waals surface area contributed by atoms with Gasteiger partial charge in [0.2, 0.25) is 0 Å². The lowest BCUT2D eigenvalue weighted by Gasteiger charge is -2.37. The maximum Gasteiger partial charge on any atom is 0.335 e. The molecule has 1 aromatic carbocycles. The minimum Gasteiger partial charge on any atom is -0.479 e. The summed E-state index contributed by atoms with van der Waals surface area (Å²) < 4.78 is 5.79. The molecular weight excluding hydrogens is 394 g/mol. The van der Waals surface area contributed by atoms with Crippen molar-refractivity contribution in [3.05, 3.63) is 36.0 Å². The van der Waals surface area contributed by atoms with Gasteiger partial charge in [-0.05, 0) is 38.1 Å². The molecule has 10 nitrogen and oxygen atoms in total. The predicted octanol–water partition coefficient (Wildman–Crippen LogP) is 0.597. The normalized spacial score (nSPS) is 20.4. The molecule has 4 atom stereocenters. The number of fused-ring (bicyclic) bond motifs is 1. The number of pyridine rings is 1. The van der Waals surface area contributed by atoms with Crippen LogP contribution < -0.4 is 4.90 Å². The van der Waals surface area contributed by atoms with Crippen molar-refractivity contribution in [2.45, 2.75) is 38.3 Å². The van der Waals surface area contributed by atoms with Crippen LogP contribution in [-0.4, -0.2) is 74.9 Å². The highest BCUT2D eigenvalue weighted by molar-refractivity contribution is 5.95. The molecule has 0 spiro atoms. The van der Waals surface area contributed by atoms with Gasteiger partial charge in [0.15, 0.2) is 12.2 Å². The van der Waals surface area contributed by atoms with E-state index in [1.165, 1.54) is 0 Å². The van der Waals surface area contributed by atoms with Gasteiger partial charge in [-0.25, -0.2) is 9.59 Å². The number of benzene rings is 1. The zero-order valence-corrected chi connectivity index (χ0v) is 16.5. The van der Waals surface area contributed by atoms with E-state index >= 15 is 0 Å². The Kier molecular flexibility index (Phi) is 7.66. The molecule has 1 fully saturated rings. The third-order valence-electron chi connectivity index (χ3n) is 4.43. The number of rotatable bonds is 4. The minimum absolute atomic E-state index is 0.209. The lowest BCUT2D eigenvalue weighted by atomic mass is 10.1. The van der Waals surface area contributed by atoms with Crippen LogP contribution in [0.2, 0.25) is 0 Å². The molecule has 10 heteroatoms. The molecule has 1 saturated heterocycles. The van der Waals surface area contributed by atoms with E-state index < -0.39 is 24.1 Å². The van der Waals surface area contributed by atoms with Crippen LogP contribution in [0.1, 0.15) is 19.4 Å². The van der Waals surface area contributed by atoms with E-state index in [1.54, 1.807) is 6.20 Å². The van der Waals surface area contributed by atoms with Crippen LogP contribution in [0.5, 0.6) is 0 Å². The topological polar surface area (TPSA) is 164 Å². The van der Waals surface area contributed by atoms with Crippen molar-refractivity contribution in [3.8, 4) is 6.07 Å². The van der Waals surface area contributed by atoms with Crippen LogP contribution in [0.3, 0.4) is 0 Å². The summed E-state index contributed by atoms with van der Waals surface area (Å²) in [6, 6.07) is 10.0. The Labute approximate surface area is 172 Å². The summed E-state index contributed by atoms with van der Waals surface area (Å²) in [6.07, 6.45) is -2.38. The Balaban J connectivity index is 0.000000274. The molecule has 1 aliphatic heterocycles. The predicted molar refractivity (Wildman–Crippen MR) is 106 cm³/mol. The number of aliphatic carboxylic acids is 2. The summed E-state index contributed by atoms with van der Waals surface area (Å²) in [7, 11) is 0. The molecule has 2 aromatic rings. The molecule has 0 aliphatic carbocycles. The Morgan fingerprint density at radius 2 is 1.70 bits per heavy atom. The van der Waals surface area contributed by atoms with Crippen molar-refractivity contribution < 1.29 is 34.8 Å². The van der Waals surface area contributed by atoms with Gasteiger partial charge in [0.1, 0.15) is 6.07 Å².